The molecule has 10 heteroatoms. The number of methoxy groups -OCH3 is 1. The molecule has 2 N–H and O–H groups in total. The van der Waals surface area contributed by atoms with Gasteiger partial charge in [0.2, 0.25) is 5.88 Å². The highest BCUT2D eigenvalue weighted by molar-refractivity contribution is 7.92. The zero-order valence-electron chi connectivity index (χ0n) is 18.4. The van der Waals surface area contributed by atoms with Gasteiger partial charge in [-0.2, -0.15) is 5.26 Å². The van der Waals surface area contributed by atoms with Crippen LogP contribution in [0, 0.1) is 25.2 Å². The molecule has 0 spiro atoms. The highest BCUT2D eigenvalue weighted by Gasteiger charge is 2.18. The first-order valence-electron chi connectivity index (χ1n) is 9.73. The molecular formula is C23H22N4O5S. The number of nitriles is 1. The average molecular weight is 467 g/mol. The fourth-order valence-electron chi connectivity index (χ4n) is 3.10. The van der Waals surface area contributed by atoms with Crippen molar-refractivity contribution < 1.29 is 18.3 Å². The third kappa shape index (κ3) is 4.73. The maximum absolute atomic E-state index is 12.9. The molecule has 3 aromatic rings. The van der Waals surface area contributed by atoms with Crippen LogP contribution in [0.3, 0.4) is 0 Å². The number of aliphatic imine (C=N–C) groups is 1. The van der Waals surface area contributed by atoms with Crippen LogP contribution in [-0.2, 0) is 17.1 Å². The summed E-state index contributed by atoms with van der Waals surface area (Å²) < 4.78 is 34.5. The molecule has 0 aliphatic heterocycles. The minimum absolute atomic E-state index is 0.0462. The van der Waals surface area contributed by atoms with Crippen molar-refractivity contribution in [3.63, 3.8) is 0 Å². The number of aryl methyl sites for hydroxylation is 1. The quantitative estimate of drug-likeness (QED) is 0.536. The van der Waals surface area contributed by atoms with Crippen molar-refractivity contribution in [3.05, 3.63) is 75.1 Å². The van der Waals surface area contributed by atoms with E-state index in [1.807, 2.05) is 13.0 Å². The van der Waals surface area contributed by atoms with Crippen molar-refractivity contribution >= 4 is 27.6 Å². The summed E-state index contributed by atoms with van der Waals surface area (Å²) in [5.74, 6) is -0.0768. The van der Waals surface area contributed by atoms with Crippen LogP contribution in [0.1, 0.15) is 22.3 Å². The number of nitrogens with zero attached hydrogens (tertiary/aromatic N) is 3. The van der Waals surface area contributed by atoms with Crippen molar-refractivity contribution in [3.8, 4) is 17.7 Å². The Balaban J connectivity index is 2.05. The molecule has 1 aromatic heterocycles. The molecule has 0 fully saturated rings. The van der Waals surface area contributed by atoms with Gasteiger partial charge < -0.3 is 9.84 Å². The van der Waals surface area contributed by atoms with Gasteiger partial charge in [-0.3, -0.25) is 19.1 Å². The molecule has 0 bridgehead atoms. The van der Waals surface area contributed by atoms with Crippen LogP contribution in [0.15, 0.2) is 57.1 Å². The number of anilines is 1. The van der Waals surface area contributed by atoms with Gasteiger partial charge in [-0.25, -0.2) is 8.42 Å². The van der Waals surface area contributed by atoms with Crippen molar-refractivity contribution in [2.24, 2.45) is 12.0 Å². The van der Waals surface area contributed by atoms with E-state index in [-0.39, 0.29) is 33.2 Å². The lowest BCUT2D eigenvalue weighted by atomic mass is 10.1. The largest absolute Gasteiger partial charge is 0.494 e. The third-order valence-electron chi connectivity index (χ3n) is 5.07. The Labute approximate surface area is 191 Å². The van der Waals surface area contributed by atoms with E-state index in [1.54, 1.807) is 24.3 Å². The minimum Gasteiger partial charge on any atom is -0.494 e. The number of ether oxygens (including phenoxy) is 1. The standard InChI is InChI=1S/C23H22N4O5S/c1-14-5-7-16(8-6-14)26-33(30,31)17-9-10-21(32-4)20(11-17)25-13-19-15(2)18(12-24)22(28)27(3)23(19)29/h5-11,13,26,29H,1-4H3. The molecule has 2 aromatic carbocycles. The number of hydrogen-bond donors (Lipinski definition) is 2. The van der Waals surface area contributed by atoms with Crippen LogP contribution in [0.2, 0.25) is 0 Å². The number of nitrogens with one attached hydrogen (secondary N) is 1. The summed E-state index contributed by atoms with van der Waals surface area (Å²) in [5.41, 5.74) is 1.24. The molecule has 1 heterocycles. The van der Waals surface area contributed by atoms with Gasteiger partial charge in [-0.05, 0) is 49.7 Å². The molecule has 3 rings (SSSR count). The second-order valence-electron chi connectivity index (χ2n) is 7.28. The zero-order chi connectivity index (χ0) is 24.3. The predicted molar refractivity (Wildman–Crippen MR) is 125 cm³/mol. The van der Waals surface area contributed by atoms with Gasteiger partial charge in [0.1, 0.15) is 23.1 Å². The van der Waals surface area contributed by atoms with Crippen LogP contribution in [0.25, 0.3) is 0 Å². The first kappa shape index (κ1) is 23.6. The van der Waals surface area contributed by atoms with E-state index in [0.717, 1.165) is 10.1 Å². The average Bonchev–Trinajstić information content (AvgIpc) is 2.79. The second-order valence-corrected chi connectivity index (χ2v) is 8.96. The molecule has 0 unspecified atom stereocenters. The Hall–Kier alpha value is -4.10. The summed E-state index contributed by atoms with van der Waals surface area (Å²) in [6.45, 7) is 3.42. The van der Waals surface area contributed by atoms with E-state index in [2.05, 4.69) is 9.71 Å². The number of benzene rings is 2. The third-order valence-corrected chi connectivity index (χ3v) is 6.44. The summed E-state index contributed by atoms with van der Waals surface area (Å²) in [6, 6.07) is 12.9. The lowest BCUT2D eigenvalue weighted by Crippen LogP contribution is -2.22. The van der Waals surface area contributed by atoms with E-state index in [4.69, 9.17) is 4.74 Å². The van der Waals surface area contributed by atoms with Gasteiger partial charge in [0.05, 0.1) is 17.6 Å². The van der Waals surface area contributed by atoms with Gasteiger partial charge in [-0.15, -0.1) is 0 Å². The molecule has 0 aliphatic rings. The molecule has 9 nitrogen and oxygen atoms in total. The van der Waals surface area contributed by atoms with Crippen molar-refractivity contribution in [1.29, 1.82) is 5.26 Å². The number of aromatic hydroxyl groups is 1. The number of sulfonamides is 1. The van der Waals surface area contributed by atoms with Gasteiger partial charge in [0, 0.05) is 18.9 Å². The summed E-state index contributed by atoms with van der Waals surface area (Å²) in [6.07, 6.45) is 1.26. The SMILES string of the molecule is COc1ccc(S(=O)(=O)Nc2ccc(C)cc2)cc1N=Cc1c(C)c(C#N)c(=O)n(C)c1O. The van der Waals surface area contributed by atoms with Crippen molar-refractivity contribution in [2.45, 2.75) is 18.7 Å². The van der Waals surface area contributed by atoms with E-state index in [1.165, 1.54) is 45.5 Å². The van der Waals surface area contributed by atoms with Crippen LogP contribution in [0.5, 0.6) is 11.6 Å². The first-order valence-corrected chi connectivity index (χ1v) is 11.2. The first-order chi connectivity index (χ1) is 15.6. The van der Waals surface area contributed by atoms with E-state index < -0.39 is 15.6 Å². The number of pyridine rings is 1. The van der Waals surface area contributed by atoms with Crippen LogP contribution >= 0.6 is 0 Å². The monoisotopic (exact) mass is 466 g/mol. The predicted octanol–water partition coefficient (Wildman–Crippen LogP) is 3.14. The van der Waals surface area contributed by atoms with Crippen molar-refractivity contribution in [2.75, 3.05) is 11.8 Å². The van der Waals surface area contributed by atoms with Crippen LogP contribution in [-0.4, -0.2) is 31.4 Å². The maximum Gasteiger partial charge on any atom is 0.271 e. The van der Waals surface area contributed by atoms with Gasteiger partial charge in [-0.1, -0.05) is 17.7 Å². The Morgan fingerprint density at radius 3 is 2.45 bits per heavy atom. The molecule has 0 saturated carbocycles. The lowest BCUT2D eigenvalue weighted by molar-refractivity contribution is 0.415. The maximum atomic E-state index is 12.9. The Morgan fingerprint density at radius 1 is 1.18 bits per heavy atom. The number of rotatable bonds is 6. The zero-order valence-corrected chi connectivity index (χ0v) is 19.3. The Morgan fingerprint density at radius 2 is 1.85 bits per heavy atom. The van der Waals surface area contributed by atoms with Gasteiger partial charge in [0.15, 0.2) is 0 Å². The summed E-state index contributed by atoms with van der Waals surface area (Å²) in [7, 11) is -1.17. The molecule has 33 heavy (non-hydrogen) atoms. The highest BCUT2D eigenvalue weighted by atomic mass is 32.2. The molecule has 0 amide bonds. The summed E-state index contributed by atoms with van der Waals surface area (Å²) in [5, 5.41) is 19.7. The minimum atomic E-state index is -3.91. The Bertz CT molecular complexity index is 1450. The Kier molecular flexibility index (Phi) is 6.55. The molecule has 170 valence electrons. The fraction of sp³-hybridized carbons (Fsp3) is 0.174. The highest BCUT2D eigenvalue weighted by Crippen LogP contribution is 2.31. The summed E-state index contributed by atoms with van der Waals surface area (Å²) in [4.78, 5) is 16.4. The smallest absolute Gasteiger partial charge is 0.271 e. The van der Waals surface area contributed by atoms with Gasteiger partial charge >= 0.3 is 0 Å². The normalized spacial score (nSPS) is 11.4. The number of aromatic nitrogens is 1. The van der Waals surface area contributed by atoms with Crippen molar-refractivity contribution in [1.82, 2.24) is 4.57 Å². The lowest BCUT2D eigenvalue weighted by Gasteiger charge is -2.12. The topological polar surface area (TPSA) is 134 Å². The molecule has 0 radical (unpaired) electrons. The molecule has 0 saturated heterocycles. The molecule has 0 aliphatic carbocycles. The van der Waals surface area contributed by atoms with E-state index in [9.17, 15) is 23.6 Å². The van der Waals surface area contributed by atoms with E-state index in [0.29, 0.717) is 11.4 Å². The number of hydrogen-bond acceptors (Lipinski definition) is 7. The van der Waals surface area contributed by atoms with Crippen LogP contribution in [0.4, 0.5) is 11.4 Å². The molecular weight excluding hydrogens is 444 g/mol. The molecule has 0 atom stereocenters. The van der Waals surface area contributed by atoms with E-state index >= 15 is 0 Å². The fourth-order valence-corrected chi connectivity index (χ4v) is 4.18. The summed E-state index contributed by atoms with van der Waals surface area (Å²) >= 11 is 0. The van der Waals surface area contributed by atoms with Gasteiger partial charge in [0.25, 0.3) is 15.6 Å². The second kappa shape index (κ2) is 9.18. The van der Waals surface area contributed by atoms with Crippen LogP contribution < -0.4 is 15.0 Å².